The lowest BCUT2D eigenvalue weighted by Crippen LogP contribution is -2.20. The number of aromatic amines is 1. The minimum Gasteiger partial charge on any atom is -0.306 e. The summed E-state index contributed by atoms with van der Waals surface area (Å²) in [6.45, 7) is 3.54. The van der Waals surface area contributed by atoms with Crippen molar-refractivity contribution in [2.45, 2.75) is 20.3 Å². The molecule has 0 spiro atoms. The van der Waals surface area contributed by atoms with Gasteiger partial charge in [0.2, 0.25) is 5.95 Å². The molecule has 0 aliphatic rings. The molecule has 0 saturated heterocycles. The SMILES string of the molecule is CCc1cc(=O)[nH]c(-n2nc(C)cc2NC(=O)c2cc(Cl)ccc2[N+](=O)[O-])n1. The second-order valence-electron chi connectivity index (χ2n) is 5.87. The van der Waals surface area contributed by atoms with Crippen LogP contribution < -0.4 is 10.9 Å². The Balaban J connectivity index is 2.03. The second-order valence-corrected chi connectivity index (χ2v) is 6.31. The Hall–Kier alpha value is -3.53. The molecule has 1 amide bonds. The third-order valence-electron chi connectivity index (χ3n) is 3.82. The van der Waals surface area contributed by atoms with Gasteiger partial charge in [0.05, 0.1) is 10.6 Å². The number of aromatic nitrogens is 4. The predicted octanol–water partition coefficient (Wildman–Crippen LogP) is 2.64. The molecule has 2 heterocycles. The Labute approximate surface area is 163 Å². The highest BCUT2D eigenvalue weighted by molar-refractivity contribution is 6.31. The number of H-pyrrole nitrogens is 1. The number of hydrogen-bond acceptors (Lipinski definition) is 6. The summed E-state index contributed by atoms with van der Waals surface area (Å²) in [6.07, 6.45) is 0.535. The van der Waals surface area contributed by atoms with Gasteiger partial charge in [0, 0.05) is 28.9 Å². The van der Waals surface area contributed by atoms with E-state index in [2.05, 4.69) is 20.4 Å². The van der Waals surface area contributed by atoms with Crippen LogP contribution in [0.3, 0.4) is 0 Å². The van der Waals surface area contributed by atoms with Crippen LogP contribution in [0.4, 0.5) is 11.5 Å². The van der Waals surface area contributed by atoms with Crippen molar-refractivity contribution < 1.29 is 9.72 Å². The number of hydrogen-bond donors (Lipinski definition) is 2. The first-order valence-corrected chi connectivity index (χ1v) is 8.59. The van der Waals surface area contributed by atoms with E-state index in [4.69, 9.17) is 11.6 Å². The van der Waals surface area contributed by atoms with Crippen LogP contribution in [0.2, 0.25) is 5.02 Å². The summed E-state index contributed by atoms with van der Waals surface area (Å²) in [5.74, 6) is -0.439. The number of anilines is 1. The predicted molar refractivity (Wildman–Crippen MR) is 102 cm³/mol. The zero-order valence-corrected chi connectivity index (χ0v) is 15.6. The molecule has 28 heavy (non-hydrogen) atoms. The Kier molecular flexibility index (Phi) is 5.23. The summed E-state index contributed by atoms with van der Waals surface area (Å²) in [6, 6.07) is 6.61. The number of nitro benzene ring substituents is 1. The van der Waals surface area contributed by atoms with Crippen LogP contribution in [0.15, 0.2) is 35.1 Å². The second kappa shape index (κ2) is 7.61. The number of nitrogens with one attached hydrogen (secondary N) is 2. The Morgan fingerprint density at radius 3 is 2.79 bits per heavy atom. The first-order chi connectivity index (χ1) is 13.3. The lowest BCUT2D eigenvalue weighted by molar-refractivity contribution is -0.385. The fraction of sp³-hybridized carbons (Fsp3) is 0.176. The number of carbonyl (C=O) groups excluding carboxylic acids is 1. The van der Waals surface area contributed by atoms with Gasteiger partial charge in [-0.15, -0.1) is 0 Å². The molecule has 2 N–H and O–H groups in total. The molecule has 1 aromatic carbocycles. The molecule has 3 rings (SSSR count). The van der Waals surface area contributed by atoms with Crippen LogP contribution in [0.5, 0.6) is 0 Å². The van der Waals surface area contributed by atoms with Gasteiger partial charge in [0.15, 0.2) is 0 Å². The quantitative estimate of drug-likeness (QED) is 0.497. The summed E-state index contributed by atoms with van der Waals surface area (Å²) in [7, 11) is 0. The fourth-order valence-corrected chi connectivity index (χ4v) is 2.73. The summed E-state index contributed by atoms with van der Waals surface area (Å²) >= 11 is 5.88. The lowest BCUT2D eigenvalue weighted by atomic mass is 10.1. The van der Waals surface area contributed by atoms with Crippen molar-refractivity contribution in [3.8, 4) is 5.95 Å². The molecule has 0 fully saturated rings. The smallest absolute Gasteiger partial charge is 0.282 e. The largest absolute Gasteiger partial charge is 0.306 e. The van der Waals surface area contributed by atoms with Gasteiger partial charge >= 0.3 is 0 Å². The highest BCUT2D eigenvalue weighted by Crippen LogP contribution is 2.24. The van der Waals surface area contributed by atoms with Gasteiger partial charge in [-0.1, -0.05) is 18.5 Å². The van der Waals surface area contributed by atoms with Gasteiger partial charge in [-0.25, -0.2) is 4.98 Å². The Morgan fingerprint density at radius 1 is 1.36 bits per heavy atom. The van der Waals surface area contributed by atoms with Crippen LogP contribution in [-0.4, -0.2) is 30.6 Å². The number of rotatable bonds is 5. The molecule has 0 bridgehead atoms. The summed E-state index contributed by atoms with van der Waals surface area (Å²) in [4.78, 5) is 41.9. The van der Waals surface area contributed by atoms with E-state index in [0.29, 0.717) is 17.8 Å². The summed E-state index contributed by atoms with van der Waals surface area (Å²) in [5.41, 5.74) is 0.142. The van der Waals surface area contributed by atoms with E-state index in [-0.39, 0.29) is 33.6 Å². The van der Waals surface area contributed by atoms with Crippen molar-refractivity contribution in [1.29, 1.82) is 0 Å². The van der Waals surface area contributed by atoms with Crippen LogP contribution in [-0.2, 0) is 6.42 Å². The van der Waals surface area contributed by atoms with Gasteiger partial charge < -0.3 is 5.32 Å². The highest BCUT2D eigenvalue weighted by Gasteiger charge is 2.22. The monoisotopic (exact) mass is 402 g/mol. The number of benzene rings is 1. The topological polar surface area (TPSA) is 136 Å². The first kappa shape index (κ1) is 19.2. The molecule has 0 unspecified atom stereocenters. The normalized spacial score (nSPS) is 10.7. The third kappa shape index (κ3) is 3.91. The maximum atomic E-state index is 12.7. The maximum Gasteiger partial charge on any atom is 0.282 e. The standard InChI is InChI=1S/C17H15ClN6O4/c1-3-11-8-15(25)21-17(19-11)23-14(6-9(2)22-23)20-16(26)12-7-10(18)4-5-13(12)24(27)28/h4-8H,3H2,1-2H3,(H,20,26)(H,19,21,25). The van der Waals surface area contributed by atoms with E-state index in [1.807, 2.05) is 6.92 Å². The highest BCUT2D eigenvalue weighted by atomic mass is 35.5. The summed E-state index contributed by atoms with van der Waals surface area (Å²) < 4.78 is 1.25. The molecule has 10 nitrogen and oxygen atoms in total. The summed E-state index contributed by atoms with van der Waals surface area (Å²) in [5, 5.41) is 18.2. The molecule has 3 aromatic rings. The third-order valence-corrected chi connectivity index (χ3v) is 4.05. The van der Waals surface area contributed by atoms with E-state index in [9.17, 15) is 19.7 Å². The molecular formula is C17H15ClN6O4. The van der Waals surface area contributed by atoms with Gasteiger partial charge in [-0.05, 0) is 25.5 Å². The molecular weight excluding hydrogens is 388 g/mol. The molecule has 0 saturated carbocycles. The minimum atomic E-state index is -0.746. The van der Waals surface area contributed by atoms with Crippen LogP contribution >= 0.6 is 11.6 Å². The van der Waals surface area contributed by atoms with Crippen molar-refractivity contribution in [3.63, 3.8) is 0 Å². The number of carbonyl (C=O) groups is 1. The lowest BCUT2D eigenvalue weighted by Gasteiger charge is -2.09. The molecule has 0 aliphatic heterocycles. The van der Waals surface area contributed by atoms with Gasteiger partial charge in [0.25, 0.3) is 17.2 Å². The van der Waals surface area contributed by atoms with Gasteiger partial charge in [-0.2, -0.15) is 9.78 Å². The van der Waals surface area contributed by atoms with E-state index in [1.165, 1.54) is 22.9 Å². The number of nitro groups is 1. The van der Waals surface area contributed by atoms with Crippen molar-refractivity contribution in [1.82, 2.24) is 19.7 Å². The van der Waals surface area contributed by atoms with Gasteiger partial charge in [-0.3, -0.25) is 24.7 Å². The van der Waals surface area contributed by atoms with Gasteiger partial charge in [0.1, 0.15) is 11.4 Å². The average molecular weight is 403 g/mol. The number of amides is 1. The number of nitrogens with zero attached hydrogens (tertiary/aromatic N) is 4. The zero-order chi connectivity index (χ0) is 20.4. The molecule has 11 heteroatoms. The van der Waals surface area contributed by atoms with E-state index >= 15 is 0 Å². The molecule has 0 radical (unpaired) electrons. The molecule has 2 aromatic heterocycles. The van der Waals surface area contributed by atoms with Crippen molar-refractivity contribution in [3.05, 3.63) is 72.8 Å². The average Bonchev–Trinajstić information content (AvgIpc) is 3.01. The zero-order valence-electron chi connectivity index (χ0n) is 14.9. The van der Waals surface area contributed by atoms with Crippen molar-refractivity contribution in [2.75, 3.05) is 5.32 Å². The van der Waals surface area contributed by atoms with Crippen LogP contribution in [0.1, 0.15) is 28.7 Å². The first-order valence-electron chi connectivity index (χ1n) is 8.21. The number of halogens is 1. The Bertz CT molecular complexity index is 1140. The minimum absolute atomic E-state index is 0.119. The van der Waals surface area contributed by atoms with E-state index < -0.39 is 10.8 Å². The van der Waals surface area contributed by atoms with E-state index in [0.717, 1.165) is 6.07 Å². The van der Waals surface area contributed by atoms with Crippen LogP contribution in [0, 0.1) is 17.0 Å². The Morgan fingerprint density at radius 2 is 2.11 bits per heavy atom. The van der Waals surface area contributed by atoms with Crippen molar-refractivity contribution >= 4 is 29.0 Å². The van der Waals surface area contributed by atoms with E-state index in [1.54, 1.807) is 13.0 Å². The molecule has 144 valence electrons. The number of aryl methyl sites for hydroxylation is 2. The molecule has 0 atom stereocenters. The van der Waals surface area contributed by atoms with Crippen LogP contribution in [0.25, 0.3) is 5.95 Å². The van der Waals surface area contributed by atoms with Crippen molar-refractivity contribution in [2.24, 2.45) is 0 Å². The maximum absolute atomic E-state index is 12.7. The molecule has 0 aliphatic carbocycles. The fourth-order valence-electron chi connectivity index (χ4n) is 2.56.